The zero-order valence-corrected chi connectivity index (χ0v) is 18.6. The maximum absolute atomic E-state index is 5.75. The average Bonchev–Trinajstić information content (AvgIpc) is 3.57. The van der Waals surface area contributed by atoms with Crippen molar-refractivity contribution in [1.29, 1.82) is 0 Å². The Morgan fingerprint density at radius 1 is 1.03 bits per heavy atom. The van der Waals surface area contributed by atoms with Gasteiger partial charge in [-0.3, -0.25) is 4.90 Å². The summed E-state index contributed by atoms with van der Waals surface area (Å²) >= 11 is 0. The molecule has 1 N–H and O–H groups in total. The SMILES string of the molecule is CCOc1ccc(-c2nc(-c3cccc4[nH]cc(CN5CCCC5)c34)no2)cc1OCC. The van der Waals surface area contributed by atoms with E-state index in [0.29, 0.717) is 36.4 Å². The molecule has 1 aliphatic rings. The van der Waals surface area contributed by atoms with Gasteiger partial charge in [0.2, 0.25) is 5.82 Å². The van der Waals surface area contributed by atoms with Crippen molar-refractivity contribution in [3.63, 3.8) is 0 Å². The highest BCUT2D eigenvalue weighted by Gasteiger charge is 2.19. The van der Waals surface area contributed by atoms with Crippen molar-refractivity contribution in [3.8, 4) is 34.3 Å². The molecule has 3 heterocycles. The van der Waals surface area contributed by atoms with E-state index in [9.17, 15) is 0 Å². The highest BCUT2D eigenvalue weighted by molar-refractivity contribution is 5.96. The Balaban J connectivity index is 1.49. The van der Waals surface area contributed by atoms with Gasteiger partial charge in [0, 0.05) is 34.8 Å². The number of aromatic nitrogens is 3. The molecule has 7 heteroatoms. The monoisotopic (exact) mass is 432 g/mol. The van der Waals surface area contributed by atoms with E-state index in [1.807, 2.05) is 38.1 Å². The maximum Gasteiger partial charge on any atom is 0.258 e. The fraction of sp³-hybridized carbons (Fsp3) is 0.360. The number of ether oxygens (including phenoxy) is 2. The van der Waals surface area contributed by atoms with Crippen molar-refractivity contribution >= 4 is 10.9 Å². The largest absolute Gasteiger partial charge is 0.490 e. The van der Waals surface area contributed by atoms with E-state index in [2.05, 4.69) is 33.4 Å². The van der Waals surface area contributed by atoms with E-state index in [-0.39, 0.29) is 0 Å². The standard InChI is InChI=1S/C25H28N4O3/c1-3-30-21-11-10-17(14-22(21)31-4-2)25-27-24(28-32-25)19-8-7-9-20-23(19)18(15-26-20)16-29-12-5-6-13-29/h7-11,14-15,26H,3-6,12-13,16H2,1-2H3. The van der Waals surface area contributed by atoms with Crippen LogP contribution in [0.5, 0.6) is 11.5 Å². The number of H-pyrrole nitrogens is 1. The number of benzene rings is 2. The van der Waals surface area contributed by atoms with Crippen LogP contribution in [-0.4, -0.2) is 46.3 Å². The molecule has 32 heavy (non-hydrogen) atoms. The Hall–Kier alpha value is -3.32. The van der Waals surface area contributed by atoms with E-state index in [1.165, 1.54) is 18.4 Å². The molecule has 7 nitrogen and oxygen atoms in total. The van der Waals surface area contributed by atoms with Gasteiger partial charge < -0.3 is 19.0 Å². The fourth-order valence-corrected chi connectivity index (χ4v) is 4.38. The number of hydrogen-bond donors (Lipinski definition) is 1. The number of nitrogens with one attached hydrogen (secondary N) is 1. The lowest BCUT2D eigenvalue weighted by Gasteiger charge is -2.14. The van der Waals surface area contributed by atoms with Gasteiger partial charge in [0.15, 0.2) is 11.5 Å². The van der Waals surface area contributed by atoms with E-state index in [1.54, 1.807) is 0 Å². The van der Waals surface area contributed by atoms with Crippen LogP contribution in [0.1, 0.15) is 32.3 Å². The number of nitrogens with zero attached hydrogens (tertiary/aromatic N) is 3. The second kappa shape index (κ2) is 9.04. The number of likely N-dealkylation sites (tertiary alicyclic amines) is 1. The van der Waals surface area contributed by atoms with Crippen LogP contribution >= 0.6 is 0 Å². The molecule has 1 saturated heterocycles. The highest BCUT2D eigenvalue weighted by Crippen LogP contribution is 2.35. The van der Waals surface area contributed by atoms with Crippen molar-refractivity contribution < 1.29 is 14.0 Å². The maximum atomic E-state index is 5.75. The highest BCUT2D eigenvalue weighted by atomic mass is 16.5. The summed E-state index contributed by atoms with van der Waals surface area (Å²) in [5, 5.41) is 5.47. The van der Waals surface area contributed by atoms with Crippen LogP contribution in [0.3, 0.4) is 0 Å². The molecular weight excluding hydrogens is 404 g/mol. The lowest BCUT2D eigenvalue weighted by atomic mass is 10.1. The smallest absolute Gasteiger partial charge is 0.258 e. The molecule has 0 saturated carbocycles. The predicted octanol–water partition coefficient (Wildman–Crippen LogP) is 5.28. The predicted molar refractivity (Wildman–Crippen MR) is 124 cm³/mol. The normalized spacial score (nSPS) is 14.3. The second-order valence-electron chi connectivity index (χ2n) is 7.98. The third-order valence-corrected chi connectivity index (χ3v) is 5.84. The van der Waals surface area contributed by atoms with Gasteiger partial charge >= 0.3 is 0 Å². The molecule has 2 aromatic heterocycles. The van der Waals surface area contributed by atoms with Crippen LogP contribution in [0, 0.1) is 0 Å². The summed E-state index contributed by atoms with van der Waals surface area (Å²) in [5.74, 6) is 2.42. The zero-order chi connectivity index (χ0) is 21.9. The van der Waals surface area contributed by atoms with Crippen LogP contribution in [0.2, 0.25) is 0 Å². The number of rotatable bonds is 8. The van der Waals surface area contributed by atoms with Gasteiger partial charge in [-0.2, -0.15) is 4.98 Å². The molecule has 166 valence electrons. The number of aromatic amines is 1. The second-order valence-corrected chi connectivity index (χ2v) is 7.98. The summed E-state index contributed by atoms with van der Waals surface area (Å²) < 4.78 is 17.1. The third-order valence-electron chi connectivity index (χ3n) is 5.84. The Bertz CT molecular complexity index is 1210. The first-order valence-corrected chi connectivity index (χ1v) is 11.3. The van der Waals surface area contributed by atoms with Gasteiger partial charge in [-0.05, 0) is 69.6 Å². The number of fused-ring (bicyclic) bond motifs is 1. The van der Waals surface area contributed by atoms with Gasteiger partial charge in [-0.1, -0.05) is 17.3 Å². The van der Waals surface area contributed by atoms with E-state index in [4.69, 9.17) is 19.0 Å². The van der Waals surface area contributed by atoms with Gasteiger partial charge in [0.25, 0.3) is 5.89 Å². The van der Waals surface area contributed by atoms with Crippen molar-refractivity contribution in [2.75, 3.05) is 26.3 Å². The summed E-state index contributed by atoms with van der Waals surface area (Å²) in [6.45, 7) is 8.26. The first kappa shape index (κ1) is 20.6. The molecule has 1 aliphatic heterocycles. The van der Waals surface area contributed by atoms with Crippen molar-refractivity contribution in [3.05, 3.63) is 48.2 Å². The molecule has 4 aromatic rings. The van der Waals surface area contributed by atoms with Crippen molar-refractivity contribution in [2.45, 2.75) is 33.2 Å². The average molecular weight is 433 g/mol. The fourth-order valence-electron chi connectivity index (χ4n) is 4.38. The van der Waals surface area contributed by atoms with Crippen LogP contribution in [-0.2, 0) is 6.54 Å². The minimum atomic E-state index is 0.456. The lowest BCUT2D eigenvalue weighted by Crippen LogP contribution is -2.18. The first-order valence-electron chi connectivity index (χ1n) is 11.3. The van der Waals surface area contributed by atoms with Crippen LogP contribution in [0.4, 0.5) is 0 Å². The minimum absolute atomic E-state index is 0.456. The molecule has 2 aromatic carbocycles. The topological polar surface area (TPSA) is 76.4 Å². The third kappa shape index (κ3) is 3.96. The summed E-state index contributed by atoms with van der Waals surface area (Å²) in [5.41, 5.74) is 4.13. The molecule has 0 atom stereocenters. The Morgan fingerprint density at radius 3 is 2.66 bits per heavy atom. The Morgan fingerprint density at radius 2 is 1.84 bits per heavy atom. The van der Waals surface area contributed by atoms with Gasteiger partial charge in [0.05, 0.1) is 13.2 Å². The van der Waals surface area contributed by atoms with Crippen LogP contribution in [0.25, 0.3) is 33.7 Å². The molecule has 0 amide bonds. The van der Waals surface area contributed by atoms with Gasteiger partial charge in [0.1, 0.15) is 0 Å². The number of hydrogen-bond acceptors (Lipinski definition) is 6. The molecule has 0 radical (unpaired) electrons. The molecule has 0 spiro atoms. The summed E-state index contributed by atoms with van der Waals surface area (Å²) in [4.78, 5) is 10.6. The van der Waals surface area contributed by atoms with Crippen LogP contribution in [0.15, 0.2) is 47.1 Å². The zero-order valence-electron chi connectivity index (χ0n) is 18.6. The van der Waals surface area contributed by atoms with Crippen LogP contribution < -0.4 is 9.47 Å². The molecule has 1 fully saturated rings. The van der Waals surface area contributed by atoms with Crippen molar-refractivity contribution in [1.82, 2.24) is 20.0 Å². The molecule has 0 bridgehead atoms. The van der Waals surface area contributed by atoms with Gasteiger partial charge in [-0.15, -0.1) is 0 Å². The Kier molecular flexibility index (Phi) is 5.81. The molecule has 0 aliphatic carbocycles. The quantitative estimate of drug-likeness (QED) is 0.408. The molecule has 5 rings (SSSR count). The minimum Gasteiger partial charge on any atom is -0.490 e. The summed E-state index contributed by atoms with van der Waals surface area (Å²) in [6, 6.07) is 11.9. The summed E-state index contributed by atoms with van der Waals surface area (Å²) in [6.07, 6.45) is 4.65. The van der Waals surface area contributed by atoms with Crippen molar-refractivity contribution in [2.24, 2.45) is 0 Å². The van der Waals surface area contributed by atoms with E-state index >= 15 is 0 Å². The molecular formula is C25H28N4O3. The summed E-state index contributed by atoms with van der Waals surface area (Å²) in [7, 11) is 0. The van der Waals surface area contributed by atoms with E-state index in [0.717, 1.165) is 41.7 Å². The van der Waals surface area contributed by atoms with E-state index < -0.39 is 0 Å². The lowest BCUT2D eigenvalue weighted by molar-refractivity contribution is 0.288. The molecule has 0 unspecified atom stereocenters. The first-order chi connectivity index (χ1) is 15.8. The van der Waals surface area contributed by atoms with Gasteiger partial charge in [-0.25, -0.2) is 0 Å². The Labute approximate surface area is 187 Å².